The van der Waals surface area contributed by atoms with Gasteiger partial charge in [-0.3, -0.25) is 0 Å². The predicted molar refractivity (Wildman–Crippen MR) is 53.2 cm³/mol. The van der Waals surface area contributed by atoms with E-state index in [2.05, 4.69) is 13.8 Å². The third-order valence-electron chi connectivity index (χ3n) is 4.40. The van der Waals surface area contributed by atoms with Crippen molar-refractivity contribution in [1.82, 2.24) is 0 Å². The summed E-state index contributed by atoms with van der Waals surface area (Å²) in [7, 11) is 0. The van der Waals surface area contributed by atoms with E-state index < -0.39 is 0 Å². The number of hydrogen-bond donors (Lipinski definition) is 2. The zero-order chi connectivity index (χ0) is 9.69. The first-order valence-electron chi connectivity index (χ1n) is 5.45. The minimum absolute atomic E-state index is 0.112. The summed E-state index contributed by atoms with van der Waals surface area (Å²) < 4.78 is 0. The number of aliphatic hydroxyl groups is 1. The van der Waals surface area contributed by atoms with Crippen LogP contribution in [0.25, 0.3) is 0 Å². The molecule has 76 valence electrons. The lowest BCUT2D eigenvalue weighted by atomic mass is 9.78. The molecule has 0 bridgehead atoms. The Labute approximate surface area is 80.5 Å². The first kappa shape index (κ1) is 9.47. The van der Waals surface area contributed by atoms with Crippen molar-refractivity contribution in [1.29, 1.82) is 0 Å². The van der Waals surface area contributed by atoms with Gasteiger partial charge in [-0.25, -0.2) is 0 Å². The van der Waals surface area contributed by atoms with Gasteiger partial charge < -0.3 is 10.8 Å². The van der Waals surface area contributed by atoms with Crippen LogP contribution in [0.3, 0.4) is 0 Å². The predicted octanol–water partition coefficient (Wildman–Crippen LogP) is 1.52. The van der Waals surface area contributed by atoms with E-state index in [1.165, 1.54) is 12.8 Å². The van der Waals surface area contributed by atoms with E-state index in [0.717, 1.165) is 12.8 Å². The van der Waals surface area contributed by atoms with Crippen LogP contribution in [0.4, 0.5) is 0 Å². The fourth-order valence-corrected chi connectivity index (χ4v) is 2.67. The molecule has 0 radical (unpaired) electrons. The molecule has 0 saturated heterocycles. The van der Waals surface area contributed by atoms with Crippen molar-refractivity contribution in [3.05, 3.63) is 0 Å². The number of nitrogens with two attached hydrogens (primary N) is 1. The van der Waals surface area contributed by atoms with E-state index in [9.17, 15) is 5.11 Å². The van der Waals surface area contributed by atoms with Gasteiger partial charge in [-0.05, 0) is 37.0 Å². The second kappa shape index (κ2) is 2.71. The summed E-state index contributed by atoms with van der Waals surface area (Å²) in [4.78, 5) is 0. The molecule has 1 atom stereocenters. The molecule has 0 amide bonds. The zero-order valence-corrected chi connectivity index (χ0v) is 8.71. The second-order valence-electron chi connectivity index (χ2n) is 5.36. The highest BCUT2D eigenvalue weighted by Gasteiger charge is 2.61. The highest BCUT2D eigenvalue weighted by molar-refractivity contribution is 5.12. The summed E-state index contributed by atoms with van der Waals surface area (Å²) in [5, 5.41) is 10.3. The third kappa shape index (κ3) is 1.23. The molecule has 0 aromatic rings. The quantitative estimate of drug-likeness (QED) is 0.694. The van der Waals surface area contributed by atoms with E-state index >= 15 is 0 Å². The van der Waals surface area contributed by atoms with Gasteiger partial charge in [0.15, 0.2) is 0 Å². The van der Waals surface area contributed by atoms with Gasteiger partial charge in [0, 0.05) is 12.0 Å². The standard InChI is InChI=1S/C11H21NO/c1-8(2)11(5-6-11)9(13)10(7-12)3-4-10/h8-9,13H,3-7,12H2,1-2H3. The van der Waals surface area contributed by atoms with Crippen molar-refractivity contribution >= 4 is 0 Å². The molecule has 0 spiro atoms. The van der Waals surface area contributed by atoms with Gasteiger partial charge in [0.2, 0.25) is 0 Å². The van der Waals surface area contributed by atoms with Crippen molar-refractivity contribution in [2.45, 2.75) is 45.6 Å². The first-order chi connectivity index (χ1) is 6.07. The molecular formula is C11H21NO. The summed E-state index contributed by atoms with van der Waals surface area (Å²) in [5.74, 6) is 0.603. The maximum absolute atomic E-state index is 10.3. The lowest BCUT2D eigenvalue weighted by Crippen LogP contribution is -2.39. The highest BCUT2D eigenvalue weighted by Crippen LogP contribution is 2.63. The van der Waals surface area contributed by atoms with Crippen LogP contribution < -0.4 is 5.73 Å². The molecule has 2 aliphatic rings. The molecular weight excluding hydrogens is 162 g/mol. The van der Waals surface area contributed by atoms with Gasteiger partial charge in [0.25, 0.3) is 0 Å². The van der Waals surface area contributed by atoms with Crippen molar-refractivity contribution in [2.24, 2.45) is 22.5 Å². The topological polar surface area (TPSA) is 46.2 Å². The van der Waals surface area contributed by atoms with Gasteiger partial charge in [0.05, 0.1) is 6.10 Å². The summed E-state index contributed by atoms with van der Waals surface area (Å²) >= 11 is 0. The Kier molecular flexibility index (Phi) is 1.97. The summed E-state index contributed by atoms with van der Waals surface area (Å²) in [6, 6.07) is 0. The third-order valence-corrected chi connectivity index (χ3v) is 4.40. The van der Waals surface area contributed by atoms with Crippen LogP contribution >= 0.6 is 0 Å². The fraction of sp³-hybridized carbons (Fsp3) is 1.00. The monoisotopic (exact) mass is 183 g/mol. The summed E-state index contributed by atoms with van der Waals surface area (Å²) in [6.45, 7) is 5.12. The minimum Gasteiger partial charge on any atom is -0.392 e. The van der Waals surface area contributed by atoms with E-state index in [0.29, 0.717) is 12.5 Å². The van der Waals surface area contributed by atoms with E-state index in [1.807, 2.05) is 0 Å². The molecule has 2 nitrogen and oxygen atoms in total. The van der Waals surface area contributed by atoms with Crippen LogP contribution in [-0.2, 0) is 0 Å². The Bertz CT molecular complexity index is 204. The van der Waals surface area contributed by atoms with E-state index in [1.54, 1.807) is 0 Å². The van der Waals surface area contributed by atoms with Gasteiger partial charge in [-0.2, -0.15) is 0 Å². The molecule has 0 aromatic carbocycles. The Balaban J connectivity index is 2.08. The first-order valence-corrected chi connectivity index (χ1v) is 5.45. The van der Waals surface area contributed by atoms with Crippen molar-refractivity contribution in [2.75, 3.05) is 6.54 Å². The second-order valence-corrected chi connectivity index (χ2v) is 5.36. The van der Waals surface area contributed by atoms with Crippen LogP contribution in [0.1, 0.15) is 39.5 Å². The molecule has 0 heterocycles. The lowest BCUT2D eigenvalue weighted by Gasteiger charge is -2.32. The molecule has 0 aromatic heterocycles. The zero-order valence-electron chi connectivity index (χ0n) is 8.71. The maximum Gasteiger partial charge on any atom is 0.0667 e. The largest absolute Gasteiger partial charge is 0.392 e. The molecule has 0 aliphatic heterocycles. The van der Waals surface area contributed by atoms with E-state index in [-0.39, 0.29) is 16.9 Å². The van der Waals surface area contributed by atoms with Gasteiger partial charge in [-0.1, -0.05) is 13.8 Å². The van der Waals surface area contributed by atoms with Crippen LogP contribution in [0.5, 0.6) is 0 Å². The Hall–Kier alpha value is -0.0800. The van der Waals surface area contributed by atoms with Crippen molar-refractivity contribution in [3.63, 3.8) is 0 Å². The Morgan fingerprint density at radius 3 is 2.00 bits per heavy atom. The van der Waals surface area contributed by atoms with Crippen LogP contribution in [0.2, 0.25) is 0 Å². The van der Waals surface area contributed by atoms with Gasteiger partial charge >= 0.3 is 0 Å². The lowest BCUT2D eigenvalue weighted by molar-refractivity contribution is 0.00517. The summed E-state index contributed by atoms with van der Waals surface area (Å²) in [6.07, 6.45) is 4.55. The van der Waals surface area contributed by atoms with Crippen LogP contribution in [0, 0.1) is 16.7 Å². The Morgan fingerprint density at radius 2 is 1.77 bits per heavy atom. The smallest absolute Gasteiger partial charge is 0.0667 e. The van der Waals surface area contributed by atoms with Crippen molar-refractivity contribution < 1.29 is 5.11 Å². The van der Waals surface area contributed by atoms with E-state index in [4.69, 9.17) is 5.73 Å². The van der Waals surface area contributed by atoms with Crippen LogP contribution in [0.15, 0.2) is 0 Å². The van der Waals surface area contributed by atoms with Gasteiger partial charge in [0.1, 0.15) is 0 Å². The van der Waals surface area contributed by atoms with Gasteiger partial charge in [-0.15, -0.1) is 0 Å². The Morgan fingerprint density at radius 1 is 1.23 bits per heavy atom. The molecule has 3 N–H and O–H groups in total. The molecule has 2 saturated carbocycles. The molecule has 1 unspecified atom stereocenters. The fourth-order valence-electron chi connectivity index (χ4n) is 2.67. The number of hydrogen-bond acceptors (Lipinski definition) is 2. The average molecular weight is 183 g/mol. The number of aliphatic hydroxyl groups excluding tert-OH is 1. The number of rotatable bonds is 4. The molecule has 2 heteroatoms. The maximum atomic E-state index is 10.3. The highest BCUT2D eigenvalue weighted by atomic mass is 16.3. The van der Waals surface area contributed by atoms with Crippen molar-refractivity contribution in [3.8, 4) is 0 Å². The minimum atomic E-state index is -0.134. The van der Waals surface area contributed by atoms with Crippen LogP contribution in [-0.4, -0.2) is 17.8 Å². The summed E-state index contributed by atoms with van der Waals surface area (Å²) in [5.41, 5.74) is 6.08. The molecule has 13 heavy (non-hydrogen) atoms. The molecule has 2 rings (SSSR count). The molecule has 2 aliphatic carbocycles. The average Bonchev–Trinajstić information content (AvgIpc) is 3.00. The normalized spacial score (nSPS) is 30.2. The SMILES string of the molecule is CC(C)C1(C(O)C2(CN)CC2)CC1. The molecule has 2 fully saturated rings.